The van der Waals surface area contributed by atoms with Gasteiger partial charge < -0.3 is 18.3 Å². The van der Waals surface area contributed by atoms with Gasteiger partial charge in [-0.25, -0.2) is 0 Å². The first kappa shape index (κ1) is 21.0. The van der Waals surface area contributed by atoms with E-state index in [0.29, 0.717) is 26.4 Å². The Morgan fingerprint density at radius 1 is 0.577 bits per heavy atom. The van der Waals surface area contributed by atoms with Gasteiger partial charge in [0.15, 0.2) is 16.6 Å². The minimum atomic E-state index is -1.50. The molecule has 0 saturated heterocycles. The Kier molecular flexibility index (Phi) is 7.28. The van der Waals surface area contributed by atoms with Crippen molar-refractivity contribution in [3.63, 3.8) is 0 Å². The van der Waals surface area contributed by atoms with E-state index in [9.17, 15) is 0 Å². The standard InChI is InChI=1S/C20H32O4Si2/c1-25(2,3)23-15-13-21-19-11-7-10-18-17(19)9-8-12-20(18)22-14-16-24-26(4,5)6/h7-12H,13-16H2,1-6H3. The lowest BCUT2D eigenvalue weighted by atomic mass is 10.1. The largest absolute Gasteiger partial charge is 0.491 e. The number of fused-ring (bicyclic) bond motifs is 1. The molecule has 0 heterocycles. The van der Waals surface area contributed by atoms with Crippen molar-refractivity contribution >= 4 is 27.4 Å². The molecule has 2 rings (SSSR count). The molecule has 4 nitrogen and oxygen atoms in total. The van der Waals surface area contributed by atoms with E-state index in [1.165, 1.54) is 0 Å². The molecule has 26 heavy (non-hydrogen) atoms. The molecule has 0 aliphatic carbocycles. The zero-order valence-electron chi connectivity index (χ0n) is 16.9. The van der Waals surface area contributed by atoms with Gasteiger partial charge in [0.05, 0.1) is 13.2 Å². The average molecular weight is 393 g/mol. The normalized spacial score (nSPS) is 12.4. The summed E-state index contributed by atoms with van der Waals surface area (Å²) in [5.74, 6) is 1.73. The van der Waals surface area contributed by atoms with Crippen LogP contribution >= 0.6 is 0 Å². The van der Waals surface area contributed by atoms with Crippen molar-refractivity contribution in [3.05, 3.63) is 36.4 Å². The van der Waals surface area contributed by atoms with Gasteiger partial charge in [0.1, 0.15) is 24.7 Å². The third-order valence-corrected chi connectivity index (χ3v) is 5.73. The minimum Gasteiger partial charge on any atom is -0.491 e. The smallest absolute Gasteiger partial charge is 0.183 e. The molecule has 0 aliphatic rings. The molecular weight excluding hydrogens is 360 g/mol. The Hall–Kier alpha value is -1.35. The van der Waals surface area contributed by atoms with Crippen molar-refractivity contribution in [2.45, 2.75) is 39.3 Å². The van der Waals surface area contributed by atoms with Gasteiger partial charge in [-0.05, 0) is 51.4 Å². The predicted octanol–water partition coefficient (Wildman–Crippen LogP) is 5.30. The Labute approximate surface area is 159 Å². The highest BCUT2D eigenvalue weighted by molar-refractivity contribution is 6.70. The predicted molar refractivity (Wildman–Crippen MR) is 114 cm³/mol. The molecule has 144 valence electrons. The van der Waals surface area contributed by atoms with Gasteiger partial charge in [-0.1, -0.05) is 24.3 Å². The molecule has 2 aromatic rings. The van der Waals surface area contributed by atoms with E-state index in [0.717, 1.165) is 22.3 Å². The van der Waals surface area contributed by atoms with Crippen molar-refractivity contribution in [1.29, 1.82) is 0 Å². The van der Waals surface area contributed by atoms with E-state index >= 15 is 0 Å². The van der Waals surface area contributed by atoms with Crippen molar-refractivity contribution in [2.75, 3.05) is 26.4 Å². The topological polar surface area (TPSA) is 36.9 Å². The Morgan fingerprint density at radius 3 is 1.31 bits per heavy atom. The Balaban J connectivity index is 2.01. The molecule has 6 heteroatoms. The molecule has 2 aromatic carbocycles. The van der Waals surface area contributed by atoms with Crippen LogP contribution < -0.4 is 9.47 Å². The van der Waals surface area contributed by atoms with E-state index in [-0.39, 0.29) is 0 Å². The second-order valence-corrected chi connectivity index (χ2v) is 17.3. The van der Waals surface area contributed by atoms with Crippen LogP contribution in [0.5, 0.6) is 11.5 Å². The van der Waals surface area contributed by atoms with Gasteiger partial charge in [-0.2, -0.15) is 0 Å². The lowest BCUT2D eigenvalue weighted by Crippen LogP contribution is -2.27. The third-order valence-electron chi connectivity index (χ3n) is 3.59. The van der Waals surface area contributed by atoms with Crippen LogP contribution in [0.25, 0.3) is 10.8 Å². The second-order valence-electron chi connectivity index (χ2n) is 8.23. The first-order chi connectivity index (χ1) is 12.2. The van der Waals surface area contributed by atoms with Crippen LogP contribution in [0.15, 0.2) is 36.4 Å². The molecule has 0 bridgehead atoms. The Morgan fingerprint density at radius 2 is 0.962 bits per heavy atom. The summed E-state index contributed by atoms with van der Waals surface area (Å²) < 4.78 is 23.6. The summed E-state index contributed by atoms with van der Waals surface area (Å²) in [4.78, 5) is 0. The average Bonchev–Trinajstić information content (AvgIpc) is 2.54. The molecule has 0 saturated carbocycles. The van der Waals surface area contributed by atoms with Crippen molar-refractivity contribution in [2.24, 2.45) is 0 Å². The van der Waals surface area contributed by atoms with Gasteiger partial charge in [0.2, 0.25) is 0 Å². The van der Waals surface area contributed by atoms with E-state index < -0.39 is 16.6 Å². The fraction of sp³-hybridized carbons (Fsp3) is 0.500. The first-order valence-corrected chi connectivity index (χ1v) is 16.0. The van der Waals surface area contributed by atoms with Crippen molar-refractivity contribution in [3.8, 4) is 11.5 Å². The van der Waals surface area contributed by atoms with Crippen LogP contribution in [-0.4, -0.2) is 43.1 Å². The van der Waals surface area contributed by atoms with Gasteiger partial charge in [-0.15, -0.1) is 0 Å². The van der Waals surface area contributed by atoms with Gasteiger partial charge in [-0.3, -0.25) is 0 Å². The summed E-state index contributed by atoms with van der Waals surface area (Å²) in [6.07, 6.45) is 0. The molecule has 0 aromatic heterocycles. The zero-order valence-corrected chi connectivity index (χ0v) is 18.9. The number of hydrogen-bond donors (Lipinski definition) is 0. The van der Waals surface area contributed by atoms with Crippen LogP contribution in [0.1, 0.15) is 0 Å². The molecular formula is C20H32O4Si2. The molecule has 0 unspecified atom stereocenters. The first-order valence-electron chi connectivity index (χ1n) is 9.21. The third kappa shape index (κ3) is 7.11. The highest BCUT2D eigenvalue weighted by atomic mass is 28.4. The maximum atomic E-state index is 5.96. The SMILES string of the molecule is C[Si](C)(C)OCCOc1cccc2c(OCCO[Si](C)(C)C)cccc12. The van der Waals surface area contributed by atoms with Gasteiger partial charge in [0.25, 0.3) is 0 Å². The monoisotopic (exact) mass is 392 g/mol. The van der Waals surface area contributed by atoms with Crippen LogP contribution in [0.3, 0.4) is 0 Å². The van der Waals surface area contributed by atoms with E-state index in [2.05, 4.69) is 51.4 Å². The van der Waals surface area contributed by atoms with Gasteiger partial charge in [0, 0.05) is 10.8 Å². The lowest BCUT2D eigenvalue weighted by molar-refractivity contribution is 0.213. The fourth-order valence-corrected chi connectivity index (χ4v) is 3.89. The molecule has 0 amide bonds. The number of ether oxygens (including phenoxy) is 2. The molecule has 0 aliphatic heterocycles. The quantitative estimate of drug-likeness (QED) is 0.406. The summed E-state index contributed by atoms with van der Waals surface area (Å²) in [5, 5.41) is 2.12. The van der Waals surface area contributed by atoms with Crippen LogP contribution in [0, 0.1) is 0 Å². The molecule has 0 atom stereocenters. The lowest BCUT2D eigenvalue weighted by Gasteiger charge is -2.18. The van der Waals surface area contributed by atoms with Crippen LogP contribution in [0.4, 0.5) is 0 Å². The summed E-state index contributed by atoms with van der Waals surface area (Å²) in [6, 6.07) is 12.1. The van der Waals surface area contributed by atoms with E-state index in [4.69, 9.17) is 18.3 Å². The number of hydrogen-bond acceptors (Lipinski definition) is 4. The van der Waals surface area contributed by atoms with Crippen LogP contribution in [0.2, 0.25) is 39.3 Å². The highest BCUT2D eigenvalue weighted by Gasteiger charge is 2.15. The molecule has 0 radical (unpaired) electrons. The summed E-state index contributed by atoms with van der Waals surface area (Å²) in [6.45, 7) is 15.4. The van der Waals surface area contributed by atoms with Crippen molar-refractivity contribution < 1.29 is 18.3 Å². The zero-order chi connectivity index (χ0) is 19.2. The Bertz CT molecular complexity index is 644. The van der Waals surface area contributed by atoms with Gasteiger partial charge >= 0.3 is 0 Å². The molecule has 0 N–H and O–H groups in total. The summed E-state index contributed by atoms with van der Waals surface area (Å²) >= 11 is 0. The van der Waals surface area contributed by atoms with Crippen molar-refractivity contribution in [1.82, 2.24) is 0 Å². The molecule has 0 fully saturated rings. The fourth-order valence-electron chi connectivity index (χ4n) is 2.50. The maximum Gasteiger partial charge on any atom is 0.183 e. The summed E-state index contributed by atoms with van der Waals surface area (Å²) in [5.41, 5.74) is 0. The minimum absolute atomic E-state index is 0.554. The summed E-state index contributed by atoms with van der Waals surface area (Å²) in [7, 11) is -3.00. The van der Waals surface area contributed by atoms with E-state index in [1.807, 2.05) is 24.3 Å². The van der Waals surface area contributed by atoms with E-state index in [1.54, 1.807) is 0 Å². The molecule has 0 spiro atoms. The maximum absolute atomic E-state index is 5.96. The number of benzene rings is 2. The highest BCUT2D eigenvalue weighted by Crippen LogP contribution is 2.32. The second kappa shape index (κ2) is 9.04. The number of rotatable bonds is 10. The van der Waals surface area contributed by atoms with Crippen LogP contribution in [-0.2, 0) is 8.85 Å².